The van der Waals surface area contributed by atoms with Crippen molar-refractivity contribution in [2.45, 2.75) is 32.4 Å². The number of hydroxylamine groups is 2. The van der Waals surface area contributed by atoms with Crippen LogP contribution in [0.15, 0.2) is 23.2 Å². The number of benzene rings is 1. The van der Waals surface area contributed by atoms with Gasteiger partial charge in [0, 0.05) is 17.7 Å². The van der Waals surface area contributed by atoms with E-state index in [1.165, 1.54) is 0 Å². The average molecular weight is 264 g/mol. The molecule has 0 fully saturated rings. The van der Waals surface area contributed by atoms with Crippen LogP contribution in [0, 0.1) is 10.1 Å². The van der Waals surface area contributed by atoms with E-state index < -0.39 is 16.2 Å². The molecule has 1 heterocycles. The standard InChI is InChI=1S/C12H15N3O4/c1-7-12(2,3)14(17)11(13-7)9-6-8(15(18)19)4-5-10(9)16/h4-7,16-17H,1-3H3/p-1. The van der Waals surface area contributed by atoms with Crippen LogP contribution in [0.5, 0.6) is 5.75 Å². The molecule has 7 heteroatoms. The van der Waals surface area contributed by atoms with Gasteiger partial charge < -0.3 is 5.11 Å². The number of aliphatic imine (C=N–C) groups is 1. The summed E-state index contributed by atoms with van der Waals surface area (Å²) in [6, 6.07) is 3.15. The lowest BCUT2D eigenvalue weighted by molar-refractivity contribution is -0.385. The number of non-ortho nitro benzene ring substituents is 1. The van der Waals surface area contributed by atoms with Gasteiger partial charge in [-0.15, -0.1) is 0 Å². The zero-order valence-corrected chi connectivity index (χ0v) is 10.8. The Morgan fingerprint density at radius 1 is 1.47 bits per heavy atom. The predicted octanol–water partition coefficient (Wildman–Crippen LogP) is 1.29. The van der Waals surface area contributed by atoms with Crippen LogP contribution < -0.4 is 5.11 Å². The van der Waals surface area contributed by atoms with Crippen LogP contribution in [0.2, 0.25) is 0 Å². The molecule has 1 aliphatic rings. The van der Waals surface area contributed by atoms with Gasteiger partial charge in [-0.25, -0.2) is 5.06 Å². The van der Waals surface area contributed by atoms with E-state index in [9.17, 15) is 20.4 Å². The number of hydrogen-bond acceptors (Lipinski definition) is 6. The van der Waals surface area contributed by atoms with Crippen molar-refractivity contribution in [2.24, 2.45) is 4.99 Å². The smallest absolute Gasteiger partial charge is 0.270 e. The molecule has 102 valence electrons. The van der Waals surface area contributed by atoms with Gasteiger partial charge in [-0.05, 0) is 20.8 Å². The first-order valence-electron chi connectivity index (χ1n) is 5.78. The van der Waals surface area contributed by atoms with Crippen molar-refractivity contribution in [2.75, 3.05) is 0 Å². The third kappa shape index (κ3) is 2.01. The minimum atomic E-state index is -0.660. The maximum absolute atomic E-state index is 11.8. The summed E-state index contributed by atoms with van der Waals surface area (Å²) < 4.78 is 0. The number of nitrogens with zero attached hydrogens (tertiary/aromatic N) is 3. The van der Waals surface area contributed by atoms with E-state index in [0.29, 0.717) is 0 Å². The van der Waals surface area contributed by atoms with E-state index in [1.54, 1.807) is 20.8 Å². The van der Waals surface area contributed by atoms with Crippen molar-refractivity contribution in [1.29, 1.82) is 0 Å². The fourth-order valence-electron chi connectivity index (χ4n) is 1.84. The Kier molecular flexibility index (Phi) is 2.94. The van der Waals surface area contributed by atoms with Gasteiger partial charge in [0.15, 0.2) is 5.84 Å². The molecule has 19 heavy (non-hydrogen) atoms. The van der Waals surface area contributed by atoms with Crippen LogP contribution in [-0.2, 0) is 0 Å². The van der Waals surface area contributed by atoms with Gasteiger partial charge in [0.25, 0.3) is 5.69 Å². The summed E-state index contributed by atoms with van der Waals surface area (Å²) in [5.41, 5.74) is -0.830. The molecule has 1 N–H and O–H groups in total. The molecule has 1 aromatic carbocycles. The van der Waals surface area contributed by atoms with Crippen molar-refractivity contribution in [3.63, 3.8) is 0 Å². The summed E-state index contributed by atoms with van der Waals surface area (Å²) in [6.07, 6.45) is 0. The Hall–Kier alpha value is -2.15. The van der Waals surface area contributed by atoms with E-state index in [4.69, 9.17) is 0 Å². The van der Waals surface area contributed by atoms with Gasteiger partial charge in [0.1, 0.15) is 0 Å². The lowest BCUT2D eigenvalue weighted by Gasteiger charge is -2.31. The van der Waals surface area contributed by atoms with E-state index >= 15 is 0 Å². The number of nitro groups is 1. The topological polar surface area (TPSA) is 102 Å². The molecule has 2 rings (SSSR count). The van der Waals surface area contributed by atoms with E-state index in [2.05, 4.69) is 4.99 Å². The molecule has 0 saturated heterocycles. The molecule has 0 aliphatic carbocycles. The number of rotatable bonds is 2. The quantitative estimate of drug-likeness (QED) is 0.640. The molecule has 1 unspecified atom stereocenters. The summed E-state index contributed by atoms with van der Waals surface area (Å²) in [6.45, 7) is 5.35. The fourth-order valence-corrected chi connectivity index (χ4v) is 1.84. The molecule has 1 atom stereocenters. The third-order valence-corrected chi connectivity index (χ3v) is 3.50. The van der Waals surface area contributed by atoms with Crippen LogP contribution in [-0.4, -0.2) is 32.6 Å². The summed E-state index contributed by atoms with van der Waals surface area (Å²) in [5, 5.41) is 33.5. The van der Waals surface area contributed by atoms with Crippen molar-refractivity contribution in [3.05, 3.63) is 33.9 Å². The second kappa shape index (κ2) is 4.20. The van der Waals surface area contributed by atoms with E-state index in [1.807, 2.05) is 0 Å². The van der Waals surface area contributed by atoms with Gasteiger partial charge in [-0.1, -0.05) is 11.8 Å². The second-order valence-electron chi connectivity index (χ2n) is 5.03. The maximum atomic E-state index is 11.8. The Balaban J connectivity index is 2.51. The molecule has 0 radical (unpaired) electrons. The van der Waals surface area contributed by atoms with Gasteiger partial charge in [-0.3, -0.25) is 20.3 Å². The first-order valence-corrected chi connectivity index (χ1v) is 5.78. The minimum absolute atomic E-state index is 0.0362. The van der Waals surface area contributed by atoms with Crippen molar-refractivity contribution in [1.82, 2.24) is 5.06 Å². The molecule has 1 aromatic rings. The Morgan fingerprint density at radius 3 is 2.58 bits per heavy atom. The molecule has 0 bridgehead atoms. The Labute approximate surface area is 109 Å². The molecule has 0 saturated carbocycles. The maximum Gasteiger partial charge on any atom is 0.270 e. The van der Waals surface area contributed by atoms with Gasteiger partial charge in [0.05, 0.1) is 16.5 Å². The highest BCUT2D eigenvalue weighted by Crippen LogP contribution is 2.32. The van der Waals surface area contributed by atoms with Gasteiger partial charge in [0.2, 0.25) is 0 Å². The average Bonchev–Trinajstić information content (AvgIpc) is 2.53. The third-order valence-electron chi connectivity index (χ3n) is 3.50. The van der Waals surface area contributed by atoms with Crippen LogP contribution in [0.25, 0.3) is 0 Å². The first kappa shape index (κ1) is 13.3. The number of nitro benzene ring substituents is 1. The highest BCUT2D eigenvalue weighted by molar-refractivity contribution is 6.02. The molecule has 7 nitrogen and oxygen atoms in total. The van der Waals surface area contributed by atoms with Crippen molar-refractivity contribution in [3.8, 4) is 5.75 Å². The number of hydrogen-bond donors (Lipinski definition) is 1. The predicted molar refractivity (Wildman–Crippen MR) is 66.2 cm³/mol. The zero-order valence-electron chi connectivity index (χ0n) is 10.8. The molecule has 0 aromatic heterocycles. The summed E-state index contributed by atoms with van der Waals surface area (Å²) >= 11 is 0. The van der Waals surface area contributed by atoms with E-state index in [0.717, 1.165) is 23.3 Å². The van der Waals surface area contributed by atoms with Crippen LogP contribution in [0.1, 0.15) is 26.3 Å². The highest BCUT2D eigenvalue weighted by atomic mass is 16.6. The zero-order chi connectivity index (χ0) is 14.4. The highest BCUT2D eigenvalue weighted by Gasteiger charge is 2.41. The molecular weight excluding hydrogens is 250 g/mol. The molecule has 0 spiro atoms. The molecule has 1 aliphatic heterocycles. The lowest BCUT2D eigenvalue weighted by Crippen LogP contribution is -2.45. The van der Waals surface area contributed by atoms with Gasteiger partial charge in [-0.2, -0.15) is 0 Å². The minimum Gasteiger partial charge on any atom is -0.872 e. The fraction of sp³-hybridized carbons (Fsp3) is 0.417. The summed E-state index contributed by atoms with van der Waals surface area (Å²) in [4.78, 5) is 14.4. The van der Waals surface area contributed by atoms with Gasteiger partial charge >= 0.3 is 0 Å². The first-order chi connectivity index (χ1) is 8.75. The summed E-state index contributed by atoms with van der Waals surface area (Å²) in [7, 11) is 0. The van der Waals surface area contributed by atoms with Crippen molar-refractivity contribution >= 4 is 11.5 Å². The van der Waals surface area contributed by atoms with Crippen molar-refractivity contribution < 1.29 is 15.2 Å². The second-order valence-corrected chi connectivity index (χ2v) is 5.03. The largest absolute Gasteiger partial charge is 0.872 e. The SMILES string of the molecule is CC1N=C(c2cc([N+](=O)[O-])ccc2[O-])N(O)C1(C)C. The molecular formula is C12H14N3O4-. The Bertz CT molecular complexity index is 568. The summed E-state index contributed by atoms with van der Waals surface area (Å²) in [5.74, 6) is -0.334. The monoisotopic (exact) mass is 264 g/mol. The normalized spacial score (nSPS) is 21.4. The van der Waals surface area contributed by atoms with Crippen LogP contribution in [0.3, 0.4) is 0 Å². The van der Waals surface area contributed by atoms with Crippen LogP contribution in [0.4, 0.5) is 5.69 Å². The Morgan fingerprint density at radius 2 is 2.11 bits per heavy atom. The van der Waals surface area contributed by atoms with Crippen LogP contribution >= 0.6 is 0 Å². The molecule has 0 amide bonds. The number of amidine groups is 1. The lowest BCUT2D eigenvalue weighted by atomic mass is 9.98. The van der Waals surface area contributed by atoms with E-state index in [-0.39, 0.29) is 23.1 Å².